The van der Waals surface area contributed by atoms with Crippen molar-refractivity contribution in [2.75, 3.05) is 46.5 Å². The van der Waals surface area contributed by atoms with Crippen LogP contribution >= 0.6 is 0 Å². The van der Waals surface area contributed by atoms with Crippen LogP contribution in [0, 0.1) is 0 Å². The first-order valence-electron chi connectivity index (χ1n) is 11.7. The number of aromatic hydroxyl groups is 1. The van der Waals surface area contributed by atoms with Crippen molar-refractivity contribution in [3.8, 4) is 23.0 Å². The topological polar surface area (TPSA) is 109 Å². The van der Waals surface area contributed by atoms with Crippen LogP contribution in [0.15, 0.2) is 36.4 Å². The van der Waals surface area contributed by atoms with Crippen LogP contribution in [0.2, 0.25) is 0 Å². The molecule has 0 spiro atoms. The maximum Gasteiger partial charge on any atom is 0.257 e. The van der Waals surface area contributed by atoms with E-state index < -0.39 is 0 Å². The molecule has 0 aromatic heterocycles. The molecule has 1 aliphatic heterocycles. The van der Waals surface area contributed by atoms with Gasteiger partial charge in [0.2, 0.25) is 0 Å². The summed E-state index contributed by atoms with van der Waals surface area (Å²) >= 11 is 0. The van der Waals surface area contributed by atoms with E-state index >= 15 is 0 Å². The molecule has 0 saturated carbocycles. The Morgan fingerprint density at radius 2 is 1.51 bits per heavy atom. The number of carbonyl (C=O) groups excluding carboxylic acids is 2. The number of rotatable bonds is 3. The van der Waals surface area contributed by atoms with Crippen molar-refractivity contribution >= 4 is 11.8 Å². The van der Waals surface area contributed by atoms with Crippen molar-refractivity contribution in [2.45, 2.75) is 32.7 Å². The zero-order chi connectivity index (χ0) is 25.4. The summed E-state index contributed by atoms with van der Waals surface area (Å²) in [5.41, 5.74) is 1.23. The van der Waals surface area contributed by atoms with Gasteiger partial charge in [-0.3, -0.25) is 14.5 Å². The van der Waals surface area contributed by atoms with Gasteiger partial charge in [-0.05, 0) is 29.7 Å². The van der Waals surface area contributed by atoms with Crippen molar-refractivity contribution in [3.63, 3.8) is 0 Å². The molecule has 2 aromatic carbocycles. The van der Waals surface area contributed by atoms with Crippen molar-refractivity contribution < 1.29 is 28.9 Å². The minimum atomic E-state index is -0.274. The highest BCUT2D eigenvalue weighted by Crippen LogP contribution is 2.37. The van der Waals surface area contributed by atoms with Gasteiger partial charge in [-0.1, -0.05) is 32.9 Å². The SMILES string of the molecule is COc1cc(CN2CCNC(=O)COc3ccccc3OCC(=O)NCC2)c(O)c(C(C)(C)C)c1. The molecule has 2 aromatic rings. The number of hydrogen-bond donors (Lipinski definition) is 3. The molecule has 0 saturated heterocycles. The van der Waals surface area contributed by atoms with Gasteiger partial charge < -0.3 is 30.0 Å². The second-order valence-electron chi connectivity index (χ2n) is 9.43. The van der Waals surface area contributed by atoms with Gasteiger partial charge in [0, 0.05) is 43.9 Å². The summed E-state index contributed by atoms with van der Waals surface area (Å²) in [7, 11) is 1.60. The predicted octanol–water partition coefficient (Wildman–Crippen LogP) is 2.20. The monoisotopic (exact) mass is 485 g/mol. The molecule has 2 amide bonds. The van der Waals surface area contributed by atoms with E-state index in [2.05, 4.69) is 15.5 Å². The number of amides is 2. The number of fused-ring (bicyclic) bond motifs is 1. The lowest BCUT2D eigenvalue weighted by molar-refractivity contribution is -0.124. The third-order valence-electron chi connectivity index (χ3n) is 5.67. The average Bonchev–Trinajstić information content (AvgIpc) is 2.82. The van der Waals surface area contributed by atoms with Crippen molar-refractivity contribution in [1.82, 2.24) is 15.5 Å². The molecule has 0 fully saturated rings. The fourth-order valence-electron chi connectivity index (χ4n) is 3.77. The largest absolute Gasteiger partial charge is 0.507 e. The van der Waals surface area contributed by atoms with E-state index in [4.69, 9.17) is 14.2 Å². The first-order chi connectivity index (χ1) is 16.7. The number of phenolic OH excluding ortho intramolecular Hbond substituents is 1. The minimum absolute atomic E-state index is 0.168. The summed E-state index contributed by atoms with van der Waals surface area (Å²) in [6, 6.07) is 10.6. The molecule has 3 rings (SSSR count). The van der Waals surface area contributed by atoms with Crippen LogP contribution in [0.3, 0.4) is 0 Å². The van der Waals surface area contributed by atoms with Crippen LogP contribution in [0.25, 0.3) is 0 Å². The lowest BCUT2D eigenvalue weighted by Gasteiger charge is -2.27. The lowest BCUT2D eigenvalue weighted by Crippen LogP contribution is -2.40. The fraction of sp³-hybridized carbons (Fsp3) is 0.462. The van der Waals surface area contributed by atoms with Gasteiger partial charge in [0.25, 0.3) is 11.8 Å². The maximum atomic E-state index is 12.3. The molecular weight excluding hydrogens is 450 g/mol. The Morgan fingerprint density at radius 1 is 0.971 bits per heavy atom. The molecule has 0 unspecified atom stereocenters. The van der Waals surface area contributed by atoms with E-state index in [1.807, 2.05) is 32.9 Å². The van der Waals surface area contributed by atoms with Gasteiger partial charge in [-0.15, -0.1) is 0 Å². The summed E-state index contributed by atoms with van der Waals surface area (Å²) in [5.74, 6) is 1.16. The standard InChI is InChI=1S/C26H35N3O6/c1-26(2,3)20-14-19(33-4)13-18(25(20)32)15-29-11-9-27-23(30)16-34-21-7-5-6-8-22(21)35-17-24(31)28-10-12-29/h5-8,13-14,32H,9-12,15-17H2,1-4H3,(H,27,30)(H,28,31). The second-order valence-corrected chi connectivity index (χ2v) is 9.43. The number of carbonyl (C=O) groups is 2. The molecule has 0 bridgehead atoms. The zero-order valence-corrected chi connectivity index (χ0v) is 20.8. The number of para-hydroxylation sites is 2. The number of nitrogens with one attached hydrogen (secondary N) is 2. The minimum Gasteiger partial charge on any atom is -0.507 e. The summed E-state index contributed by atoms with van der Waals surface area (Å²) in [4.78, 5) is 26.7. The van der Waals surface area contributed by atoms with Crippen LogP contribution < -0.4 is 24.8 Å². The highest BCUT2D eigenvalue weighted by atomic mass is 16.5. The zero-order valence-electron chi connectivity index (χ0n) is 20.8. The first-order valence-corrected chi connectivity index (χ1v) is 11.7. The third-order valence-corrected chi connectivity index (χ3v) is 5.67. The maximum absolute atomic E-state index is 12.3. The average molecular weight is 486 g/mol. The predicted molar refractivity (Wildman–Crippen MR) is 132 cm³/mol. The molecule has 0 atom stereocenters. The summed E-state index contributed by atoms with van der Waals surface area (Å²) < 4.78 is 16.6. The Balaban J connectivity index is 1.75. The molecule has 9 nitrogen and oxygen atoms in total. The van der Waals surface area contributed by atoms with Gasteiger partial charge in [0.05, 0.1) is 7.11 Å². The van der Waals surface area contributed by atoms with E-state index in [-0.39, 0.29) is 36.2 Å². The van der Waals surface area contributed by atoms with Crippen LogP contribution in [0.5, 0.6) is 23.0 Å². The Labute approximate surface area is 206 Å². The third kappa shape index (κ3) is 7.51. The van der Waals surface area contributed by atoms with E-state index in [0.717, 1.165) is 5.56 Å². The Bertz CT molecular complexity index is 989. The van der Waals surface area contributed by atoms with E-state index in [1.165, 1.54) is 0 Å². The number of nitrogens with zero attached hydrogens (tertiary/aromatic N) is 1. The highest BCUT2D eigenvalue weighted by Gasteiger charge is 2.23. The molecule has 0 aliphatic carbocycles. The number of benzene rings is 2. The number of phenols is 1. The van der Waals surface area contributed by atoms with Crippen molar-refractivity contribution in [3.05, 3.63) is 47.5 Å². The van der Waals surface area contributed by atoms with E-state index in [9.17, 15) is 14.7 Å². The molecule has 9 heteroatoms. The smallest absolute Gasteiger partial charge is 0.257 e. The van der Waals surface area contributed by atoms with Crippen LogP contribution in [-0.4, -0.2) is 68.3 Å². The molecule has 1 aliphatic rings. The summed E-state index contributed by atoms with van der Waals surface area (Å²) in [6.45, 7) is 7.95. The van der Waals surface area contributed by atoms with Crippen molar-refractivity contribution in [1.29, 1.82) is 0 Å². The molecule has 3 N–H and O–H groups in total. The normalized spacial score (nSPS) is 16.5. The Morgan fingerprint density at radius 3 is 2.00 bits per heavy atom. The van der Waals surface area contributed by atoms with E-state index in [1.54, 1.807) is 31.4 Å². The highest BCUT2D eigenvalue weighted by molar-refractivity contribution is 5.78. The quantitative estimate of drug-likeness (QED) is 0.612. The number of ether oxygens (including phenoxy) is 3. The molecule has 0 radical (unpaired) electrons. The van der Waals surface area contributed by atoms with E-state index in [0.29, 0.717) is 55.5 Å². The Hall–Kier alpha value is -3.46. The fourth-order valence-corrected chi connectivity index (χ4v) is 3.77. The lowest BCUT2D eigenvalue weighted by atomic mass is 9.85. The summed E-state index contributed by atoms with van der Waals surface area (Å²) in [6.07, 6.45) is 0. The van der Waals surface area contributed by atoms with Crippen LogP contribution in [0.1, 0.15) is 31.9 Å². The van der Waals surface area contributed by atoms with Gasteiger partial charge in [-0.25, -0.2) is 0 Å². The number of hydrogen-bond acceptors (Lipinski definition) is 7. The van der Waals surface area contributed by atoms with Gasteiger partial charge in [0.15, 0.2) is 24.7 Å². The van der Waals surface area contributed by atoms with Gasteiger partial charge >= 0.3 is 0 Å². The van der Waals surface area contributed by atoms with Crippen LogP contribution in [0.4, 0.5) is 0 Å². The number of methoxy groups -OCH3 is 1. The summed E-state index contributed by atoms with van der Waals surface area (Å²) in [5, 5.41) is 16.7. The first kappa shape index (κ1) is 26.2. The van der Waals surface area contributed by atoms with Gasteiger partial charge in [0.1, 0.15) is 11.5 Å². The van der Waals surface area contributed by atoms with Crippen LogP contribution in [-0.2, 0) is 21.5 Å². The molecule has 190 valence electrons. The molecule has 1 heterocycles. The molecular formula is C26H35N3O6. The Kier molecular flexibility index (Phi) is 8.81. The van der Waals surface area contributed by atoms with Gasteiger partial charge in [-0.2, -0.15) is 0 Å². The van der Waals surface area contributed by atoms with Crippen molar-refractivity contribution in [2.24, 2.45) is 0 Å². The second kappa shape index (κ2) is 11.8. The molecule has 35 heavy (non-hydrogen) atoms.